The van der Waals surface area contributed by atoms with E-state index in [-0.39, 0.29) is 6.03 Å². The van der Waals surface area contributed by atoms with E-state index in [9.17, 15) is 4.79 Å². The highest BCUT2D eigenvalue weighted by atomic mass is 32.2. The highest BCUT2D eigenvalue weighted by Gasteiger charge is 2.20. The van der Waals surface area contributed by atoms with Crippen LogP contribution in [0.5, 0.6) is 0 Å². The number of hydrogen-bond donors (Lipinski definition) is 2. The number of anilines is 1. The Morgan fingerprint density at radius 2 is 2.50 bits per heavy atom. The zero-order valence-electron chi connectivity index (χ0n) is 7.74. The molecule has 0 bridgehead atoms. The summed E-state index contributed by atoms with van der Waals surface area (Å²) in [5, 5.41) is 9.05. The average Bonchev–Trinajstić information content (AvgIpc) is 2.44. The third kappa shape index (κ3) is 2.20. The van der Waals surface area contributed by atoms with Crippen molar-refractivity contribution in [3.05, 3.63) is 11.8 Å². The van der Waals surface area contributed by atoms with Gasteiger partial charge in [-0.05, 0) is 6.92 Å². The number of aryl methyl sites for hydroxylation is 1. The van der Waals surface area contributed by atoms with Crippen molar-refractivity contribution in [3.63, 3.8) is 0 Å². The van der Waals surface area contributed by atoms with Crippen LogP contribution < -0.4 is 10.6 Å². The van der Waals surface area contributed by atoms with E-state index in [1.807, 2.05) is 11.8 Å². The molecule has 0 atom stereocenters. The van der Waals surface area contributed by atoms with E-state index in [1.54, 1.807) is 13.0 Å². The van der Waals surface area contributed by atoms with Gasteiger partial charge in [0.1, 0.15) is 0 Å². The summed E-state index contributed by atoms with van der Waals surface area (Å²) in [4.78, 5) is 11.3. The topological polar surface area (TPSA) is 67.2 Å². The Kier molecular flexibility index (Phi) is 2.62. The predicted molar refractivity (Wildman–Crippen MR) is 54.5 cm³/mol. The summed E-state index contributed by atoms with van der Waals surface area (Å²) < 4.78 is 4.84. The molecular weight excluding hydrogens is 202 g/mol. The van der Waals surface area contributed by atoms with Gasteiger partial charge in [0.05, 0.1) is 5.69 Å². The second kappa shape index (κ2) is 3.91. The summed E-state index contributed by atoms with van der Waals surface area (Å²) in [5.41, 5.74) is 0.750. The van der Waals surface area contributed by atoms with Crippen molar-refractivity contribution >= 4 is 23.7 Å². The SMILES string of the molecule is Cc1cc(NC(=O)NC2CSC2)on1. The molecule has 0 aromatic carbocycles. The van der Waals surface area contributed by atoms with Gasteiger partial charge < -0.3 is 9.84 Å². The van der Waals surface area contributed by atoms with Gasteiger partial charge in [0.2, 0.25) is 5.88 Å². The first-order valence-corrected chi connectivity index (χ1v) is 5.48. The Morgan fingerprint density at radius 1 is 1.71 bits per heavy atom. The molecule has 1 aliphatic rings. The third-order valence-electron chi connectivity index (χ3n) is 1.84. The van der Waals surface area contributed by atoms with E-state index in [2.05, 4.69) is 15.8 Å². The summed E-state index contributed by atoms with van der Waals surface area (Å²) in [7, 11) is 0. The van der Waals surface area contributed by atoms with E-state index in [0.29, 0.717) is 11.9 Å². The first kappa shape index (κ1) is 9.39. The van der Waals surface area contributed by atoms with Crippen molar-refractivity contribution in [1.82, 2.24) is 10.5 Å². The highest BCUT2D eigenvalue weighted by Crippen LogP contribution is 2.17. The molecule has 0 unspecified atom stereocenters. The van der Waals surface area contributed by atoms with Crippen molar-refractivity contribution in [1.29, 1.82) is 0 Å². The Balaban J connectivity index is 1.81. The van der Waals surface area contributed by atoms with Crippen molar-refractivity contribution in [2.24, 2.45) is 0 Å². The van der Waals surface area contributed by atoms with Crippen LogP contribution in [0.15, 0.2) is 10.6 Å². The van der Waals surface area contributed by atoms with E-state index in [0.717, 1.165) is 17.2 Å². The standard InChI is InChI=1S/C8H11N3O2S/c1-5-2-7(13-11-5)10-8(12)9-6-3-14-4-6/h2,6H,3-4H2,1H3,(H2,9,10,12). The molecule has 14 heavy (non-hydrogen) atoms. The summed E-state index contributed by atoms with van der Waals surface area (Å²) in [6.07, 6.45) is 0. The van der Waals surface area contributed by atoms with Gasteiger partial charge in [-0.2, -0.15) is 11.8 Å². The molecule has 1 aromatic heterocycles. The summed E-state index contributed by atoms with van der Waals surface area (Å²) in [5.74, 6) is 2.36. The van der Waals surface area contributed by atoms with Crippen molar-refractivity contribution in [2.75, 3.05) is 16.8 Å². The minimum Gasteiger partial charge on any atom is -0.338 e. The Bertz CT molecular complexity index is 335. The van der Waals surface area contributed by atoms with Gasteiger partial charge in [-0.3, -0.25) is 5.32 Å². The smallest absolute Gasteiger partial charge is 0.321 e. The molecule has 0 aliphatic carbocycles. The first-order valence-electron chi connectivity index (χ1n) is 4.32. The molecular formula is C8H11N3O2S. The predicted octanol–water partition coefficient (Wildman–Crippen LogP) is 1.22. The fraction of sp³-hybridized carbons (Fsp3) is 0.500. The molecule has 2 amide bonds. The number of aromatic nitrogens is 1. The number of amides is 2. The molecule has 0 saturated carbocycles. The van der Waals surface area contributed by atoms with Crippen LogP contribution in [-0.4, -0.2) is 28.7 Å². The molecule has 6 heteroatoms. The lowest BCUT2D eigenvalue weighted by Gasteiger charge is -2.25. The van der Waals surface area contributed by atoms with E-state index >= 15 is 0 Å². The second-order valence-electron chi connectivity index (χ2n) is 3.17. The number of nitrogens with one attached hydrogen (secondary N) is 2. The molecule has 2 N–H and O–H groups in total. The normalized spacial score (nSPS) is 16.1. The molecule has 2 rings (SSSR count). The number of nitrogens with zero attached hydrogens (tertiary/aromatic N) is 1. The van der Waals surface area contributed by atoms with Crippen molar-refractivity contribution in [2.45, 2.75) is 13.0 Å². The lowest BCUT2D eigenvalue weighted by Crippen LogP contribution is -2.45. The maximum Gasteiger partial charge on any atom is 0.321 e. The fourth-order valence-electron chi connectivity index (χ4n) is 1.07. The van der Waals surface area contributed by atoms with Crippen LogP contribution in [0.1, 0.15) is 5.69 Å². The number of carbonyl (C=O) groups is 1. The molecule has 1 fully saturated rings. The van der Waals surface area contributed by atoms with Gasteiger partial charge >= 0.3 is 6.03 Å². The van der Waals surface area contributed by atoms with Gasteiger partial charge in [-0.15, -0.1) is 0 Å². The number of carbonyl (C=O) groups excluding carboxylic acids is 1. The molecule has 76 valence electrons. The Labute approximate surface area is 85.6 Å². The lowest BCUT2D eigenvalue weighted by molar-refractivity contribution is 0.249. The Morgan fingerprint density at radius 3 is 3.00 bits per heavy atom. The number of thioether (sulfide) groups is 1. The molecule has 1 saturated heterocycles. The number of rotatable bonds is 2. The van der Waals surface area contributed by atoms with Crippen LogP contribution in [0.25, 0.3) is 0 Å². The summed E-state index contributed by atoms with van der Waals surface area (Å²) >= 11 is 1.82. The molecule has 0 radical (unpaired) electrons. The van der Waals surface area contributed by atoms with Crippen LogP contribution in [0.4, 0.5) is 10.7 Å². The maximum absolute atomic E-state index is 11.3. The van der Waals surface area contributed by atoms with Crippen LogP contribution in [0, 0.1) is 6.92 Å². The van der Waals surface area contributed by atoms with Crippen molar-refractivity contribution < 1.29 is 9.32 Å². The molecule has 1 aromatic rings. The first-order chi connectivity index (χ1) is 6.74. The largest absolute Gasteiger partial charge is 0.338 e. The number of urea groups is 1. The van der Waals surface area contributed by atoms with Gasteiger partial charge in [0, 0.05) is 23.6 Å². The van der Waals surface area contributed by atoms with Crippen LogP contribution >= 0.6 is 11.8 Å². The quantitative estimate of drug-likeness (QED) is 0.775. The fourth-order valence-corrected chi connectivity index (χ4v) is 1.71. The summed E-state index contributed by atoms with van der Waals surface area (Å²) in [6, 6.07) is 1.74. The molecule has 2 heterocycles. The zero-order valence-corrected chi connectivity index (χ0v) is 8.56. The second-order valence-corrected chi connectivity index (χ2v) is 4.24. The zero-order chi connectivity index (χ0) is 9.97. The van der Waals surface area contributed by atoms with Gasteiger partial charge in [0.25, 0.3) is 0 Å². The monoisotopic (exact) mass is 213 g/mol. The number of hydrogen-bond acceptors (Lipinski definition) is 4. The van der Waals surface area contributed by atoms with Crippen LogP contribution in [0.2, 0.25) is 0 Å². The Hall–Kier alpha value is -1.17. The third-order valence-corrected chi connectivity index (χ3v) is 3.11. The van der Waals surface area contributed by atoms with Gasteiger partial charge in [0.15, 0.2) is 0 Å². The minimum atomic E-state index is -0.230. The summed E-state index contributed by atoms with van der Waals surface area (Å²) in [6.45, 7) is 1.80. The maximum atomic E-state index is 11.3. The van der Waals surface area contributed by atoms with E-state index in [1.165, 1.54) is 0 Å². The lowest BCUT2D eigenvalue weighted by atomic mass is 10.4. The molecule has 1 aliphatic heterocycles. The van der Waals surface area contributed by atoms with Gasteiger partial charge in [-0.1, -0.05) is 5.16 Å². The average molecular weight is 213 g/mol. The highest BCUT2D eigenvalue weighted by molar-refractivity contribution is 8.00. The van der Waals surface area contributed by atoms with Crippen LogP contribution in [0.3, 0.4) is 0 Å². The minimum absolute atomic E-state index is 0.230. The van der Waals surface area contributed by atoms with Gasteiger partial charge in [-0.25, -0.2) is 4.79 Å². The van der Waals surface area contributed by atoms with E-state index < -0.39 is 0 Å². The molecule has 5 nitrogen and oxygen atoms in total. The van der Waals surface area contributed by atoms with E-state index in [4.69, 9.17) is 4.52 Å². The molecule has 0 spiro atoms. The van der Waals surface area contributed by atoms with Crippen LogP contribution in [-0.2, 0) is 0 Å². The van der Waals surface area contributed by atoms with Crippen molar-refractivity contribution in [3.8, 4) is 0 Å².